The topological polar surface area (TPSA) is 99.1 Å². The minimum Gasteiger partial charge on any atom is -0.493 e. The molecule has 0 saturated carbocycles. The second-order valence-corrected chi connectivity index (χ2v) is 7.08. The van der Waals surface area contributed by atoms with Crippen molar-refractivity contribution < 1.29 is 14.3 Å². The van der Waals surface area contributed by atoms with E-state index in [4.69, 9.17) is 9.47 Å². The van der Waals surface area contributed by atoms with Crippen molar-refractivity contribution >= 4 is 22.4 Å². The molecule has 1 amide bonds. The summed E-state index contributed by atoms with van der Waals surface area (Å²) in [5.41, 5.74) is 2.10. The maximum absolute atomic E-state index is 12.6. The summed E-state index contributed by atoms with van der Waals surface area (Å²) in [5, 5.41) is 11.8. The molecule has 0 unspecified atom stereocenters. The quantitative estimate of drug-likeness (QED) is 0.486. The van der Waals surface area contributed by atoms with Gasteiger partial charge in [0.1, 0.15) is 18.6 Å². The van der Waals surface area contributed by atoms with E-state index in [-0.39, 0.29) is 5.91 Å². The molecule has 0 aliphatic heterocycles. The molecular formula is C21H17N5O3S. The third kappa shape index (κ3) is 4.58. The van der Waals surface area contributed by atoms with Gasteiger partial charge in [0.15, 0.2) is 16.5 Å². The molecular weight excluding hydrogens is 402 g/mol. The van der Waals surface area contributed by atoms with Crippen molar-refractivity contribution in [3.8, 4) is 22.2 Å². The molecule has 0 atom stereocenters. The Morgan fingerprint density at radius 2 is 1.93 bits per heavy atom. The van der Waals surface area contributed by atoms with E-state index in [1.807, 2.05) is 30.3 Å². The Hall–Kier alpha value is -3.85. The Balaban J connectivity index is 1.44. The molecule has 8 nitrogen and oxygen atoms in total. The number of hydrogen-bond acceptors (Lipinski definition) is 8. The fraction of sp³-hybridized carbons (Fsp3) is 0.0952. The van der Waals surface area contributed by atoms with Crippen LogP contribution in [-0.4, -0.2) is 33.2 Å². The number of carbonyl (C=O) groups excluding carboxylic acids is 1. The zero-order valence-corrected chi connectivity index (χ0v) is 16.8. The highest BCUT2D eigenvalue weighted by Crippen LogP contribution is 2.30. The standard InChI is InChI=1S/C21H17N5O3S/c1-28-18-11-15(7-8-17(18)29-12-14-5-3-2-4-6-14)19(27)24-21-26-25-20(30-21)16-9-10-22-13-23-16/h2-11,13H,12H2,1H3,(H,24,26,27). The summed E-state index contributed by atoms with van der Waals surface area (Å²) >= 11 is 1.23. The van der Waals surface area contributed by atoms with Crippen LogP contribution in [0.5, 0.6) is 11.5 Å². The van der Waals surface area contributed by atoms with Crippen molar-refractivity contribution in [3.05, 3.63) is 78.2 Å². The molecule has 4 rings (SSSR count). The van der Waals surface area contributed by atoms with Crippen LogP contribution in [0.1, 0.15) is 15.9 Å². The SMILES string of the molecule is COc1cc(C(=O)Nc2nnc(-c3ccncn3)s2)ccc1OCc1ccccc1. The maximum atomic E-state index is 12.6. The minimum absolute atomic E-state index is 0.326. The van der Waals surface area contributed by atoms with Gasteiger partial charge in [0, 0.05) is 11.8 Å². The first-order valence-electron chi connectivity index (χ1n) is 8.99. The number of nitrogens with zero attached hydrogens (tertiary/aromatic N) is 4. The summed E-state index contributed by atoms with van der Waals surface area (Å²) in [6.07, 6.45) is 3.05. The second-order valence-electron chi connectivity index (χ2n) is 6.10. The summed E-state index contributed by atoms with van der Waals surface area (Å²) < 4.78 is 11.2. The Labute approximate surface area is 176 Å². The van der Waals surface area contributed by atoms with Gasteiger partial charge in [0.25, 0.3) is 5.91 Å². The lowest BCUT2D eigenvalue weighted by atomic mass is 10.2. The van der Waals surface area contributed by atoms with E-state index in [1.165, 1.54) is 24.8 Å². The molecule has 0 aliphatic carbocycles. The van der Waals surface area contributed by atoms with E-state index < -0.39 is 0 Å². The van der Waals surface area contributed by atoms with E-state index in [1.54, 1.807) is 30.5 Å². The fourth-order valence-electron chi connectivity index (χ4n) is 2.63. The number of hydrogen-bond donors (Lipinski definition) is 1. The summed E-state index contributed by atoms with van der Waals surface area (Å²) in [4.78, 5) is 20.6. The number of carbonyl (C=O) groups is 1. The molecule has 0 aliphatic rings. The Morgan fingerprint density at radius 1 is 1.07 bits per heavy atom. The van der Waals surface area contributed by atoms with Gasteiger partial charge in [-0.3, -0.25) is 10.1 Å². The number of ether oxygens (including phenoxy) is 2. The monoisotopic (exact) mass is 419 g/mol. The van der Waals surface area contributed by atoms with Crippen LogP contribution in [0.4, 0.5) is 5.13 Å². The fourth-order valence-corrected chi connectivity index (χ4v) is 3.34. The van der Waals surface area contributed by atoms with Crippen molar-refractivity contribution in [2.45, 2.75) is 6.61 Å². The normalized spacial score (nSPS) is 10.4. The molecule has 0 fully saturated rings. The van der Waals surface area contributed by atoms with Gasteiger partial charge in [0.2, 0.25) is 5.13 Å². The van der Waals surface area contributed by atoms with Gasteiger partial charge >= 0.3 is 0 Å². The molecule has 2 heterocycles. The molecule has 2 aromatic carbocycles. The minimum atomic E-state index is -0.326. The van der Waals surface area contributed by atoms with Gasteiger partial charge in [-0.2, -0.15) is 0 Å². The Kier molecular flexibility index (Phi) is 5.90. The number of anilines is 1. The first-order chi connectivity index (χ1) is 14.7. The first kappa shape index (κ1) is 19.5. The number of benzene rings is 2. The number of methoxy groups -OCH3 is 1. The third-order valence-corrected chi connectivity index (χ3v) is 4.97. The molecule has 0 saturated heterocycles. The van der Waals surface area contributed by atoms with E-state index in [0.29, 0.717) is 39.5 Å². The van der Waals surface area contributed by atoms with Crippen LogP contribution >= 0.6 is 11.3 Å². The molecule has 9 heteroatoms. The molecule has 0 spiro atoms. The predicted octanol–water partition coefficient (Wildman–Crippen LogP) is 3.84. The lowest BCUT2D eigenvalue weighted by molar-refractivity contribution is 0.102. The van der Waals surface area contributed by atoms with Gasteiger partial charge in [-0.25, -0.2) is 9.97 Å². The van der Waals surface area contributed by atoms with Crippen molar-refractivity contribution in [2.24, 2.45) is 0 Å². The van der Waals surface area contributed by atoms with Crippen LogP contribution in [0.15, 0.2) is 67.1 Å². The molecule has 30 heavy (non-hydrogen) atoms. The first-order valence-corrected chi connectivity index (χ1v) is 9.80. The van der Waals surface area contributed by atoms with Crippen molar-refractivity contribution in [1.29, 1.82) is 0 Å². The lowest BCUT2D eigenvalue weighted by Gasteiger charge is -2.12. The molecule has 2 aromatic heterocycles. The van der Waals surface area contributed by atoms with Crippen LogP contribution in [0, 0.1) is 0 Å². The number of nitrogens with one attached hydrogen (secondary N) is 1. The average Bonchev–Trinajstić information content (AvgIpc) is 3.27. The Morgan fingerprint density at radius 3 is 2.70 bits per heavy atom. The van der Waals surface area contributed by atoms with E-state index in [0.717, 1.165) is 5.56 Å². The van der Waals surface area contributed by atoms with Crippen LogP contribution < -0.4 is 14.8 Å². The molecule has 4 aromatic rings. The van der Waals surface area contributed by atoms with Crippen molar-refractivity contribution in [3.63, 3.8) is 0 Å². The molecule has 1 N–H and O–H groups in total. The van der Waals surface area contributed by atoms with Gasteiger partial charge in [-0.15, -0.1) is 10.2 Å². The Bertz CT molecular complexity index is 1140. The smallest absolute Gasteiger partial charge is 0.257 e. The van der Waals surface area contributed by atoms with Gasteiger partial charge in [-0.1, -0.05) is 41.7 Å². The highest BCUT2D eigenvalue weighted by molar-refractivity contribution is 7.18. The zero-order valence-electron chi connectivity index (χ0n) is 16.0. The summed E-state index contributed by atoms with van der Waals surface area (Å²) in [7, 11) is 1.53. The lowest BCUT2D eigenvalue weighted by Crippen LogP contribution is -2.12. The predicted molar refractivity (Wildman–Crippen MR) is 113 cm³/mol. The van der Waals surface area contributed by atoms with Gasteiger partial charge in [0.05, 0.1) is 7.11 Å². The second kappa shape index (κ2) is 9.10. The number of amides is 1. The zero-order chi connectivity index (χ0) is 20.8. The summed E-state index contributed by atoms with van der Waals surface area (Å²) in [6, 6.07) is 16.5. The van der Waals surface area contributed by atoms with E-state index in [2.05, 4.69) is 25.5 Å². The third-order valence-electron chi connectivity index (χ3n) is 4.11. The van der Waals surface area contributed by atoms with Crippen molar-refractivity contribution in [2.75, 3.05) is 12.4 Å². The van der Waals surface area contributed by atoms with Crippen molar-refractivity contribution in [1.82, 2.24) is 20.2 Å². The van der Waals surface area contributed by atoms with Gasteiger partial charge < -0.3 is 9.47 Å². The van der Waals surface area contributed by atoms with Crippen LogP contribution in [-0.2, 0) is 6.61 Å². The number of rotatable bonds is 7. The summed E-state index contributed by atoms with van der Waals surface area (Å²) in [5.74, 6) is 0.700. The van der Waals surface area contributed by atoms with Gasteiger partial charge in [-0.05, 0) is 29.8 Å². The van der Waals surface area contributed by atoms with E-state index >= 15 is 0 Å². The summed E-state index contributed by atoms with van der Waals surface area (Å²) in [6.45, 7) is 0.402. The number of aromatic nitrogens is 4. The van der Waals surface area contributed by atoms with E-state index in [9.17, 15) is 4.79 Å². The largest absolute Gasteiger partial charge is 0.493 e. The highest BCUT2D eigenvalue weighted by atomic mass is 32.1. The highest BCUT2D eigenvalue weighted by Gasteiger charge is 2.15. The average molecular weight is 419 g/mol. The van der Waals surface area contributed by atoms with Crippen LogP contribution in [0.3, 0.4) is 0 Å². The molecule has 150 valence electrons. The van der Waals surface area contributed by atoms with Crippen LogP contribution in [0.2, 0.25) is 0 Å². The molecule has 0 radical (unpaired) electrons. The molecule has 0 bridgehead atoms. The van der Waals surface area contributed by atoms with Crippen LogP contribution in [0.25, 0.3) is 10.7 Å². The maximum Gasteiger partial charge on any atom is 0.257 e.